The number of anilines is 1. The normalized spacial score (nSPS) is 21.1. The molecule has 0 radical (unpaired) electrons. The number of alkyl halides is 3. The molecule has 198 valence electrons. The molecule has 2 aliphatic rings. The van der Waals surface area contributed by atoms with Crippen LogP contribution in [-0.4, -0.2) is 36.5 Å². The van der Waals surface area contributed by atoms with Gasteiger partial charge in [0.25, 0.3) is 0 Å². The second-order valence-electron chi connectivity index (χ2n) is 9.73. The highest BCUT2D eigenvalue weighted by molar-refractivity contribution is 6.16. The Morgan fingerprint density at radius 3 is 2.47 bits per heavy atom. The Kier molecular flexibility index (Phi) is 7.06. The summed E-state index contributed by atoms with van der Waals surface area (Å²) in [6.07, 6.45) is -4.59. The average molecular weight is 525 g/mol. The predicted octanol–water partition coefficient (Wildman–Crippen LogP) is 5.82. The van der Waals surface area contributed by atoms with E-state index in [-0.39, 0.29) is 41.9 Å². The zero-order chi connectivity index (χ0) is 27.8. The van der Waals surface area contributed by atoms with Gasteiger partial charge < -0.3 is 14.4 Å². The largest absolute Gasteiger partial charge is 0.478 e. The van der Waals surface area contributed by atoms with Gasteiger partial charge in [-0.25, -0.2) is 9.79 Å². The minimum absolute atomic E-state index is 0.0743. The molecule has 38 heavy (non-hydrogen) atoms. The maximum absolute atomic E-state index is 13.6. The van der Waals surface area contributed by atoms with E-state index in [1.165, 1.54) is 17.0 Å². The van der Waals surface area contributed by atoms with Crippen LogP contribution in [0.2, 0.25) is 0 Å². The number of hydrogen-bond acceptors (Lipinski definition) is 6. The molecule has 0 fully saturated rings. The molecule has 2 heterocycles. The monoisotopic (exact) mass is 524 g/mol. The SMILES string of the molecule is CCOC(=O)C1=C(C)N(c2cccc(C(F)(F)F)c2)C(=N)C(C2=NC(C)(C)CO2)C1c1ccc(C#N)cc1. The minimum Gasteiger partial charge on any atom is -0.478 e. The Hall–Kier alpha value is -4.13. The number of nitriles is 1. The standard InChI is InChI=1S/C28H27F3N4O3/c1-5-37-26(36)21-16(2)35(20-8-6-7-19(13-20)28(29,30)31)24(33)23(25-34-27(3,4)15-38-25)22(21)18-11-9-17(14-32)10-12-18/h6-13,22-23,33H,5,15H2,1-4H3. The summed E-state index contributed by atoms with van der Waals surface area (Å²) in [5.74, 6) is -2.28. The number of carbonyl (C=O) groups is 1. The number of ether oxygens (including phenoxy) is 2. The average Bonchev–Trinajstić information content (AvgIpc) is 3.22. The van der Waals surface area contributed by atoms with E-state index in [1.807, 2.05) is 13.8 Å². The molecule has 0 aromatic heterocycles. The van der Waals surface area contributed by atoms with Crippen molar-refractivity contribution in [1.82, 2.24) is 0 Å². The zero-order valence-electron chi connectivity index (χ0n) is 21.4. The van der Waals surface area contributed by atoms with Gasteiger partial charge in [-0.3, -0.25) is 5.41 Å². The topological polar surface area (TPSA) is 98.8 Å². The third-order valence-corrected chi connectivity index (χ3v) is 6.48. The second kappa shape index (κ2) is 9.97. The third-order valence-electron chi connectivity index (χ3n) is 6.48. The fourth-order valence-corrected chi connectivity index (χ4v) is 4.78. The first-order valence-corrected chi connectivity index (χ1v) is 12.0. The lowest BCUT2D eigenvalue weighted by Crippen LogP contribution is -2.48. The van der Waals surface area contributed by atoms with E-state index in [9.17, 15) is 28.6 Å². The summed E-state index contributed by atoms with van der Waals surface area (Å²) < 4.78 is 52.0. The lowest BCUT2D eigenvalue weighted by molar-refractivity contribution is -0.139. The number of aliphatic imine (C=N–C) groups is 1. The molecule has 2 aromatic carbocycles. The molecular weight excluding hydrogens is 497 g/mol. The van der Waals surface area contributed by atoms with E-state index in [0.717, 1.165) is 12.1 Å². The molecule has 0 saturated carbocycles. The van der Waals surface area contributed by atoms with Gasteiger partial charge in [0.15, 0.2) is 5.90 Å². The highest BCUT2D eigenvalue weighted by atomic mass is 19.4. The lowest BCUT2D eigenvalue weighted by Gasteiger charge is -2.41. The Labute approximate surface area is 218 Å². The Morgan fingerprint density at radius 1 is 1.24 bits per heavy atom. The Morgan fingerprint density at radius 2 is 1.92 bits per heavy atom. The fraction of sp³-hybridized carbons (Fsp3) is 0.357. The van der Waals surface area contributed by atoms with Gasteiger partial charge in [0.1, 0.15) is 18.4 Å². The Balaban J connectivity index is 1.99. The van der Waals surface area contributed by atoms with Crippen molar-refractivity contribution >= 4 is 23.4 Å². The summed E-state index contributed by atoms with van der Waals surface area (Å²) in [5.41, 5.74) is 0.0605. The molecule has 1 N–H and O–H groups in total. The molecular formula is C28H27F3N4O3. The van der Waals surface area contributed by atoms with Crippen molar-refractivity contribution in [3.63, 3.8) is 0 Å². The van der Waals surface area contributed by atoms with E-state index in [1.54, 1.807) is 38.1 Å². The summed E-state index contributed by atoms with van der Waals surface area (Å²) in [6.45, 7) is 7.28. The zero-order valence-corrected chi connectivity index (χ0v) is 21.4. The highest BCUT2D eigenvalue weighted by Gasteiger charge is 2.48. The summed E-state index contributed by atoms with van der Waals surface area (Å²) in [4.78, 5) is 19.4. The fourth-order valence-electron chi connectivity index (χ4n) is 4.78. The molecule has 2 unspecified atom stereocenters. The number of allylic oxidation sites excluding steroid dienone is 1. The van der Waals surface area contributed by atoms with Gasteiger partial charge in [0.05, 0.1) is 34.9 Å². The van der Waals surface area contributed by atoms with Crippen LogP contribution in [0.3, 0.4) is 0 Å². The first kappa shape index (κ1) is 26.9. The van der Waals surface area contributed by atoms with Crippen LogP contribution in [0.4, 0.5) is 18.9 Å². The number of carbonyl (C=O) groups excluding carboxylic acids is 1. The molecule has 2 atom stereocenters. The van der Waals surface area contributed by atoms with Gasteiger partial charge in [-0.15, -0.1) is 0 Å². The van der Waals surface area contributed by atoms with Crippen molar-refractivity contribution in [3.8, 4) is 6.07 Å². The maximum Gasteiger partial charge on any atom is 0.416 e. The number of esters is 1. The van der Waals surface area contributed by atoms with E-state index in [2.05, 4.69) is 11.1 Å². The summed E-state index contributed by atoms with van der Waals surface area (Å²) in [6, 6.07) is 13.3. The molecule has 0 spiro atoms. The molecule has 0 bridgehead atoms. The molecule has 0 aliphatic carbocycles. The minimum atomic E-state index is -4.59. The van der Waals surface area contributed by atoms with E-state index < -0.39 is 35.1 Å². The van der Waals surface area contributed by atoms with Crippen molar-refractivity contribution in [1.29, 1.82) is 10.7 Å². The summed E-state index contributed by atoms with van der Waals surface area (Å²) in [7, 11) is 0. The van der Waals surface area contributed by atoms with Gasteiger partial charge in [-0.2, -0.15) is 18.4 Å². The number of nitrogens with zero attached hydrogens (tertiary/aromatic N) is 3. The van der Waals surface area contributed by atoms with Gasteiger partial charge in [-0.05, 0) is 63.6 Å². The molecule has 7 nitrogen and oxygen atoms in total. The van der Waals surface area contributed by atoms with Crippen LogP contribution < -0.4 is 4.90 Å². The van der Waals surface area contributed by atoms with Crippen LogP contribution in [0.15, 0.2) is 64.8 Å². The van der Waals surface area contributed by atoms with Crippen LogP contribution in [0.5, 0.6) is 0 Å². The van der Waals surface area contributed by atoms with Gasteiger partial charge >= 0.3 is 12.1 Å². The van der Waals surface area contributed by atoms with Crippen LogP contribution in [-0.2, 0) is 20.4 Å². The van der Waals surface area contributed by atoms with Crippen molar-refractivity contribution in [3.05, 3.63) is 76.5 Å². The second-order valence-corrected chi connectivity index (χ2v) is 9.73. The van der Waals surface area contributed by atoms with Crippen molar-refractivity contribution in [2.75, 3.05) is 18.1 Å². The Bertz CT molecular complexity index is 1370. The van der Waals surface area contributed by atoms with E-state index in [4.69, 9.17) is 9.47 Å². The number of halogens is 3. The van der Waals surface area contributed by atoms with Gasteiger partial charge in [-0.1, -0.05) is 18.2 Å². The van der Waals surface area contributed by atoms with E-state index in [0.29, 0.717) is 11.1 Å². The van der Waals surface area contributed by atoms with Crippen LogP contribution >= 0.6 is 0 Å². The number of nitrogens with one attached hydrogen (secondary N) is 1. The highest BCUT2D eigenvalue weighted by Crippen LogP contribution is 2.45. The quantitative estimate of drug-likeness (QED) is 0.497. The molecule has 0 saturated heterocycles. The number of benzene rings is 2. The number of amidine groups is 1. The summed E-state index contributed by atoms with van der Waals surface area (Å²) >= 11 is 0. The molecule has 4 rings (SSSR count). The van der Waals surface area contributed by atoms with Crippen molar-refractivity contribution in [2.45, 2.75) is 45.3 Å². The first-order chi connectivity index (χ1) is 17.9. The van der Waals surface area contributed by atoms with E-state index >= 15 is 0 Å². The maximum atomic E-state index is 13.6. The molecule has 2 aliphatic heterocycles. The van der Waals surface area contributed by atoms with Crippen LogP contribution in [0.1, 0.15) is 50.3 Å². The smallest absolute Gasteiger partial charge is 0.416 e. The number of rotatable bonds is 5. The predicted molar refractivity (Wildman–Crippen MR) is 136 cm³/mol. The third kappa shape index (κ3) is 5.01. The first-order valence-electron chi connectivity index (χ1n) is 12.0. The van der Waals surface area contributed by atoms with Gasteiger partial charge in [0, 0.05) is 17.3 Å². The lowest BCUT2D eigenvalue weighted by atomic mass is 9.75. The molecule has 0 amide bonds. The molecule has 10 heteroatoms. The summed E-state index contributed by atoms with van der Waals surface area (Å²) in [5, 5.41) is 18.5. The van der Waals surface area contributed by atoms with Crippen molar-refractivity contribution < 1.29 is 27.4 Å². The molecule has 2 aromatic rings. The number of hydrogen-bond donors (Lipinski definition) is 1. The van der Waals surface area contributed by atoms with Crippen LogP contribution in [0, 0.1) is 22.7 Å². The van der Waals surface area contributed by atoms with Gasteiger partial charge in [0.2, 0.25) is 0 Å². The van der Waals surface area contributed by atoms with Crippen molar-refractivity contribution in [2.24, 2.45) is 10.9 Å². The van der Waals surface area contributed by atoms with Crippen LogP contribution in [0.25, 0.3) is 0 Å².